The first-order valence-corrected chi connectivity index (χ1v) is 9.37. The van der Waals surface area contributed by atoms with Crippen molar-refractivity contribution in [2.75, 3.05) is 26.8 Å². The largest absolute Gasteiger partial charge is 0.383 e. The SMILES string of the molecule is COCCn1ccnc1[C@H]1CCCN(C(=O)c2ccc3c(c2)ncn3C)C1. The Morgan fingerprint density at radius 2 is 2.22 bits per heavy atom. The molecule has 27 heavy (non-hydrogen) atoms. The Labute approximate surface area is 158 Å². The third-order valence-electron chi connectivity index (χ3n) is 5.33. The highest BCUT2D eigenvalue weighted by Gasteiger charge is 2.28. The van der Waals surface area contributed by atoms with Crippen LogP contribution in [0.15, 0.2) is 36.9 Å². The van der Waals surface area contributed by atoms with Gasteiger partial charge in [0.1, 0.15) is 5.82 Å². The van der Waals surface area contributed by atoms with E-state index >= 15 is 0 Å². The molecule has 0 spiro atoms. The van der Waals surface area contributed by atoms with E-state index in [2.05, 4.69) is 14.5 Å². The van der Waals surface area contributed by atoms with Crippen molar-refractivity contribution in [1.82, 2.24) is 24.0 Å². The van der Waals surface area contributed by atoms with Crippen LogP contribution in [0.25, 0.3) is 11.0 Å². The third kappa shape index (κ3) is 3.47. The number of carbonyl (C=O) groups excluding carboxylic acids is 1. The highest BCUT2D eigenvalue weighted by Crippen LogP contribution is 2.27. The molecule has 1 aliphatic rings. The molecule has 3 heterocycles. The number of aromatic nitrogens is 4. The summed E-state index contributed by atoms with van der Waals surface area (Å²) in [5, 5.41) is 0. The van der Waals surface area contributed by atoms with Crippen LogP contribution in [0.1, 0.15) is 34.9 Å². The minimum Gasteiger partial charge on any atom is -0.383 e. The Kier molecular flexibility index (Phi) is 4.94. The van der Waals surface area contributed by atoms with Crippen LogP contribution in [0.5, 0.6) is 0 Å². The molecule has 1 aliphatic heterocycles. The number of nitrogens with zero attached hydrogens (tertiary/aromatic N) is 5. The van der Waals surface area contributed by atoms with Gasteiger partial charge in [0.05, 0.1) is 24.0 Å². The molecule has 142 valence electrons. The standard InChI is InChI=1S/C20H25N5O2/c1-23-14-22-17-12-15(5-6-18(17)23)20(26)25-8-3-4-16(13-25)19-21-7-9-24(19)10-11-27-2/h5-7,9,12,14,16H,3-4,8,10-11,13H2,1-2H3/t16-/m0/s1. The number of hydrogen-bond acceptors (Lipinski definition) is 4. The fraction of sp³-hybridized carbons (Fsp3) is 0.450. The highest BCUT2D eigenvalue weighted by atomic mass is 16.5. The minimum atomic E-state index is 0.0715. The van der Waals surface area contributed by atoms with E-state index in [0.29, 0.717) is 18.7 Å². The zero-order chi connectivity index (χ0) is 18.8. The number of amides is 1. The van der Waals surface area contributed by atoms with Crippen LogP contribution in [-0.4, -0.2) is 56.7 Å². The van der Waals surface area contributed by atoms with E-state index < -0.39 is 0 Å². The lowest BCUT2D eigenvalue weighted by atomic mass is 9.96. The molecule has 1 fully saturated rings. The van der Waals surface area contributed by atoms with Crippen molar-refractivity contribution in [2.24, 2.45) is 7.05 Å². The van der Waals surface area contributed by atoms with E-state index in [0.717, 1.165) is 42.8 Å². The number of piperidine rings is 1. The molecule has 0 aliphatic carbocycles. The summed E-state index contributed by atoms with van der Waals surface area (Å²) < 4.78 is 9.29. The Morgan fingerprint density at radius 3 is 3.07 bits per heavy atom. The van der Waals surface area contributed by atoms with E-state index in [1.165, 1.54) is 0 Å². The molecule has 1 saturated heterocycles. The van der Waals surface area contributed by atoms with Crippen molar-refractivity contribution in [3.63, 3.8) is 0 Å². The lowest BCUT2D eigenvalue weighted by Gasteiger charge is -2.32. The quantitative estimate of drug-likeness (QED) is 0.695. The first-order chi connectivity index (χ1) is 13.2. The zero-order valence-corrected chi connectivity index (χ0v) is 15.8. The first-order valence-electron chi connectivity index (χ1n) is 9.37. The van der Waals surface area contributed by atoms with Gasteiger partial charge in [0, 0.05) is 57.7 Å². The second-order valence-electron chi connectivity index (χ2n) is 7.12. The van der Waals surface area contributed by atoms with Crippen molar-refractivity contribution >= 4 is 16.9 Å². The molecule has 1 atom stereocenters. The number of hydrogen-bond donors (Lipinski definition) is 0. The van der Waals surface area contributed by atoms with Crippen LogP contribution in [0.4, 0.5) is 0 Å². The maximum Gasteiger partial charge on any atom is 0.253 e. The molecular formula is C20H25N5O2. The van der Waals surface area contributed by atoms with Gasteiger partial charge in [-0.25, -0.2) is 9.97 Å². The molecular weight excluding hydrogens is 342 g/mol. The van der Waals surface area contributed by atoms with Gasteiger partial charge < -0.3 is 18.8 Å². The summed E-state index contributed by atoms with van der Waals surface area (Å²) in [5.74, 6) is 1.38. The minimum absolute atomic E-state index is 0.0715. The predicted molar refractivity (Wildman–Crippen MR) is 103 cm³/mol. The van der Waals surface area contributed by atoms with Crippen molar-refractivity contribution in [2.45, 2.75) is 25.3 Å². The van der Waals surface area contributed by atoms with E-state index in [1.54, 1.807) is 13.4 Å². The molecule has 4 rings (SSSR count). The van der Waals surface area contributed by atoms with Crippen molar-refractivity contribution in [1.29, 1.82) is 0 Å². The van der Waals surface area contributed by atoms with Crippen LogP contribution < -0.4 is 0 Å². The molecule has 3 aromatic rings. The number of carbonyl (C=O) groups is 1. The predicted octanol–water partition coefficient (Wildman–Crippen LogP) is 2.44. The number of benzene rings is 1. The molecule has 7 nitrogen and oxygen atoms in total. The number of ether oxygens (including phenoxy) is 1. The van der Waals surface area contributed by atoms with Crippen LogP contribution >= 0.6 is 0 Å². The number of methoxy groups -OCH3 is 1. The summed E-state index contributed by atoms with van der Waals surface area (Å²) in [6.07, 6.45) is 7.63. The van der Waals surface area contributed by atoms with Gasteiger partial charge in [0.15, 0.2) is 0 Å². The Hall–Kier alpha value is -2.67. The molecule has 1 aromatic carbocycles. The molecule has 0 radical (unpaired) electrons. The number of rotatable bonds is 5. The number of aryl methyl sites for hydroxylation is 1. The molecule has 0 bridgehead atoms. The van der Waals surface area contributed by atoms with Crippen LogP contribution in [0, 0.1) is 0 Å². The zero-order valence-electron chi connectivity index (χ0n) is 15.8. The van der Waals surface area contributed by atoms with Crippen molar-refractivity contribution in [3.8, 4) is 0 Å². The average Bonchev–Trinajstić information content (AvgIpc) is 3.32. The van der Waals surface area contributed by atoms with Crippen molar-refractivity contribution < 1.29 is 9.53 Å². The van der Waals surface area contributed by atoms with Gasteiger partial charge in [0.2, 0.25) is 0 Å². The number of fused-ring (bicyclic) bond motifs is 1. The van der Waals surface area contributed by atoms with E-state index in [-0.39, 0.29) is 11.8 Å². The summed E-state index contributed by atoms with van der Waals surface area (Å²) in [6.45, 7) is 2.92. The van der Waals surface area contributed by atoms with Crippen LogP contribution in [-0.2, 0) is 18.3 Å². The fourth-order valence-corrected chi connectivity index (χ4v) is 3.88. The molecule has 1 amide bonds. The summed E-state index contributed by atoms with van der Waals surface area (Å²) in [5.41, 5.74) is 2.58. The molecule has 0 unspecified atom stereocenters. The van der Waals surface area contributed by atoms with Crippen molar-refractivity contribution in [3.05, 3.63) is 48.3 Å². The summed E-state index contributed by atoms with van der Waals surface area (Å²) in [7, 11) is 3.66. The maximum atomic E-state index is 13.1. The lowest BCUT2D eigenvalue weighted by Crippen LogP contribution is -2.39. The second kappa shape index (κ2) is 7.52. The first kappa shape index (κ1) is 17.7. The van der Waals surface area contributed by atoms with E-state index in [9.17, 15) is 4.79 Å². The monoisotopic (exact) mass is 367 g/mol. The van der Waals surface area contributed by atoms with Gasteiger partial charge in [-0.2, -0.15) is 0 Å². The van der Waals surface area contributed by atoms with Gasteiger partial charge in [-0.05, 0) is 31.0 Å². The summed E-state index contributed by atoms with van der Waals surface area (Å²) >= 11 is 0. The molecule has 0 saturated carbocycles. The number of likely N-dealkylation sites (tertiary alicyclic amines) is 1. The van der Waals surface area contributed by atoms with Crippen LogP contribution in [0.2, 0.25) is 0 Å². The lowest BCUT2D eigenvalue weighted by molar-refractivity contribution is 0.0702. The van der Waals surface area contributed by atoms with Gasteiger partial charge in [-0.15, -0.1) is 0 Å². The van der Waals surface area contributed by atoms with E-state index in [4.69, 9.17) is 4.74 Å². The third-order valence-corrected chi connectivity index (χ3v) is 5.33. The van der Waals surface area contributed by atoms with Gasteiger partial charge in [-0.3, -0.25) is 4.79 Å². The van der Waals surface area contributed by atoms with Gasteiger partial charge in [0.25, 0.3) is 5.91 Å². The summed E-state index contributed by atoms with van der Waals surface area (Å²) in [4.78, 5) is 23.9. The average molecular weight is 367 g/mol. The Bertz CT molecular complexity index is 945. The van der Waals surface area contributed by atoms with E-state index in [1.807, 2.05) is 47.1 Å². The maximum absolute atomic E-state index is 13.1. The Balaban J connectivity index is 1.52. The second-order valence-corrected chi connectivity index (χ2v) is 7.12. The Morgan fingerprint density at radius 1 is 1.33 bits per heavy atom. The molecule has 0 N–H and O–H groups in total. The van der Waals surface area contributed by atoms with Gasteiger partial charge in [-0.1, -0.05) is 0 Å². The normalized spacial score (nSPS) is 17.6. The summed E-state index contributed by atoms with van der Waals surface area (Å²) in [6, 6.07) is 5.75. The molecule has 2 aromatic heterocycles. The topological polar surface area (TPSA) is 65.2 Å². The number of imidazole rings is 2. The smallest absolute Gasteiger partial charge is 0.253 e. The van der Waals surface area contributed by atoms with Crippen LogP contribution in [0.3, 0.4) is 0 Å². The van der Waals surface area contributed by atoms with Gasteiger partial charge >= 0.3 is 0 Å². The molecule has 7 heteroatoms. The highest BCUT2D eigenvalue weighted by molar-refractivity contribution is 5.97. The fourth-order valence-electron chi connectivity index (χ4n) is 3.88.